The fourth-order valence-electron chi connectivity index (χ4n) is 5.50. The molecule has 2 fully saturated rings. The number of piperidine rings is 2. The number of aromatic nitrogens is 3. The zero-order chi connectivity index (χ0) is 21.5. The predicted molar refractivity (Wildman–Crippen MR) is 118 cm³/mol. The first-order valence-corrected chi connectivity index (χ1v) is 11.3. The summed E-state index contributed by atoms with van der Waals surface area (Å²) >= 11 is 0. The van der Waals surface area contributed by atoms with Crippen LogP contribution in [0, 0.1) is 12.8 Å². The van der Waals surface area contributed by atoms with Gasteiger partial charge in [0.15, 0.2) is 0 Å². The fourth-order valence-corrected chi connectivity index (χ4v) is 5.50. The van der Waals surface area contributed by atoms with Crippen molar-refractivity contribution in [3.05, 3.63) is 51.2 Å². The van der Waals surface area contributed by atoms with Crippen molar-refractivity contribution in [1.29, 1.82) is 0 Å². The van der Waals surface area contributed by atoms with Crippen molar-refractivity contribution in [2.45, 2.75) is 51.6 Å². The number of hydrogen-bond acceptors (Lipinski definition) is 6. The number of nitrogen functional groups attached to an aromatic ring is 1. The van der Waals surface area contributed by atoms with Crippen LogP contribution >= 0.6 is 0 Å². The van der Waals surface area contributed by atoms with Crippen LogP contribution in [-0.2, 0) is 13.1 Å². The fraction of sp³-hybridized carbons (Fsp3) is 0.565. The van der Waals surface area contributed by atoms with Crippen LogP contribution in [0.3, 0.4) is 0 Å². The van der Waals surface area contributed by atoms with Gasteiger partial charge in [-0.15, -0.1) is 0 Å². The van der Waals surface area contributed by atoms with Crippen LogP contribution in [0.1, 0.15) is 59.0 Å². The van der Waals surface area contributed by atoms with Crippen LogP contribution in [0.15, 0.2) is 23.0 Å². The molecule has 5 heterocycles. The molecule has 0 aliphatic carbocycles. The standard InChI is InChI=1S/C23H30N6O2/c1-15-9-19(26-23(24)25-15)22(31)28-11-16-10-18(14-28)20-6-5-17(21(30)29(20)12-16)13-27-7-3-2-4-8-27/h5-6,9,16,18H,2-4,7-8,10-14H2,1H3,(H2,24,25,26)/t16-,18+/m0/s1. The smallest absolute Gasteiger partial charge is 0.272 e. The average Bonchev–Trinajstić information content (AvgIpc) is 2.75. The molecule has 0 unspecified atom stereocenters. The van der Waals surface area contributed by atoms with Crippen LogP contribution in [0.25, 0.3) is 0 Å². The highest BCUT2D eigenvalue weighted by Crippen LogP contribution is 2.35. The molecule has 2 bridgehead atoms. The third-order valence-corrected chi connectivity index (χ3v) is 6.90. The number of carbonyl (C=O) groups is 1. The van der Waals surface area contributed by atoms with Crippen LogP contribution < -0.4 is 11.3 Å². The van der Waals surface area contributed by atoms with E-state index < -0.39 is 0 Å². The lowest BCUT2D eigenvalue weighted by Crippen LogP contribution is -2.49. The van der Waals surface area contributed by atoms with E-state index in [1.165, 1.54) is 19.3 Å². The summed E-state index contributed by atoms with van der Waals surface area (Å²) in [5, 5.41) is 0. The molecular weight excluding hydrogens is 392 g/mol. The normalized spacial score (nSPS) is 23.5. The summed E-state index contributed by atoms with van der Waals surface area (Å²) in [6.45, 7) is 6.63. The number of amides is 1. The molecule has 2 aromatic rings. The third-order valence-electron chi connectivity index (χ3n) is 6.90. The van der Waals surface area contributed by atoms with Gasteiger partial charge in [-0.3, -0.25) is 14.5 Å². The molecule has 1 amide bonds. The maximum Gasteiger partial charge on any atom is 0.272 e. The lowest BCUT2D eigenvalue weighted by atomic mass is 9.82. The highest BCUT2D eigenvalue weighted by molar-refractivity contribution is 5.92. The van der Waals surface area contributed by atoms with E-state index in [1.54, 1.807) is 6.07 Å². The van der Waals surface area contributed by atoms with Crippen molar-refractivity contribution >= 4 is 11.9 Å². The molecule has 31 heavy (non-hydrogen) atoms. The maximum absolute atomic E-state index is 13.3. The quantitative estimate of drug-likeness (QED) is 0.810. The summed E-state index contributed by atoms with van der Waals surface area (Å²) in [5.74, 6) is 0.468. The molecule has 2 saturated heterocycles. The number of pyridine rings is 1. The lowest BCUT2D eigenvalue weighted by molar-refractivity contribution is 0.0588. The molecule has 3 aliphatic rings. The molecule has 0 aromatic carbocycles. The molecule has 2 atom stereocenters. The molecule has 2 N–H and O–H groups in total. The highest BCUT2D eigenvalue weighted by Gasteiger charge is 2.37. The number of nitrogens with zero attached hydrogens (tertiary/aromatic N) is 5. The van der Waals surface area contributed by atoms with Gasteiger partial charge in [0.05, 0.1) is 0 Å². The first-order chi connectivity index (χ1) is 15.0. The Morgan fingerprint density at radius 3 is 2.71 bits per heavy atom. The van der Waals surface area contributed by atoms with Gasteiger partial charge < -0.3 is 15.2 Å². The van der Waals surface area contributed by atoms with Crippen molar-refractivity contribution in [3.63, 3.8) is 0 Å². The molecule has 8 nitrogen and oxygen atoms in total. The topological polar surface area (TPSA) is 97.4 Å². The minimum Gasteiger partial charge on any atom is -0.368 e. The van der Waals surface area contributed by atoms with Crippen LogP contribution in [0.4, 0.5) is 5.95 Å². The van der Waals surface area contributed by atoms with E-state index in [0.717, 1.165) is 37.3 Å². The van der Waals surface area contributed by atoms with Gasteiger partial charge in [0.1, 0.15) is 5.69 Å². The van der Waals surface area contributed by atoms with Gasteiger partial charge in [-0.1, -0.05) is 12.5 Å². The first-order valence-electron chi connectivity index (χ1n) is 11.3. The average molecular weight is 423 g/mol. The van der Waals surface area contributed by atoms with Crippen LogP contribution in [0.2, 0.25) is 0 Å². The van der Waals surface area contributed by atoms with Crippen LogP contribution in [0.5, 0.6) is 0 Å². The molecule has 164 valence electrons. The van der Waals surface area contributed by atoms with Crippen molar-refractivity contribution < 1.29 is 4.79 Å². The van der Waals surface area contributed by atoms with E-state index in [4.69, 9.17) is 5.73 Å². The zero-order valence-electron chi connectivity index (χ0n) is 18.1. The van der Waals surface area contributed by atoms with E-state index in [1.807, 2.05) is 22.5 Å². The summed E-state index contributed by atoms with van der Waals surface area (Å²) in [6, 6.07) is 5.81. The Hall–Kier alpha value is -2.74. The molecule has 0 spiro atoms. The summed E-state index contributed by atoms with van der Waals surface area (Å²) in [4.78, 5) is 38.8. The second kappa shape index (κ2) is 8.07. The van der Waals surface area contributed by atoms with Gasteiger partial charge in [-0.25, -0.2) is 9.97 Å². The zero-order valence-corrected chi connectivity index (χ0v) is 18.1. The molecule has 0 saturated carbocycles. The SMILES string of the molecule is Cc1cc(C(=O)N2C[C@@H]3C[C@H](C2)c2ccc(CN4CCCCC4)c(=O)n2C3)nc(N)n1. The molecule has 0 radical (unpaired) electrons. The molecular formula is C23H30N6O2. The van der Waals surface area contributed by atoms with Gasteiger partial charge in [0.2, 0.25) is 5.95 Å². The summed E-state index contributed by atoms with van der Waals surface area (Å²) in [6.07, 6.45) is 4.74. The van der Waals surface area contributed by atoms with Crippen molar-refractivity contribution in [1.82, 2.24) is 24.3 Å². The van der Waals surface area contributed by atoms with E-state index in [-0.39, 0.29) is 29.3 Å². The summed E-state index contributed by atoms with van der Waals surface area (Å²) < 4.78 is 1.98. The molecule has 8 heteroatoms. The van der Waals surface area contributed by atoms with Crippen molar-refractivity contribution in [2.75, 3.05) is 31.9 Å². The van der Waals surface area contributed by atoms with Gasteiger partial charge in [0.25, 0.3) is 11.5 Å². The van der Waals surface area contributed by atoms with Gasteiger partial charge >= 0.3 is 0 Å². The number of anilines is 1. The summed E-state index contributed by atoms with van der Waals surface area (Å²) in [5.41, 5.74) is 8.88. The predicted octanol–water partition coefficient (Wildman–Crippen LogP) is 1.77. The van der Waals surface area contributed by atoms with Crippen molar-refractivity contribution in [3.8, 4) is 0 Å². The first kappa shape index (κ1) is 20.2. The lowest BCUT2D eigenvalue weighted by Gasteiger charge is -2.43. The Balaban J connectivity index is 1.37. The molecule has 3 aliphatic heterocycles. The highest BCUT2D eigenvalue weighted by atomic mass is 16.2. The number of fused-ring (bicyclic) bond motifs is 4. The van der Waals surface area contributed by atoms with E-state index in [2.05, 4.69) is 20.9 Å². The maximum atomic E-state index is 13.3. The minimum absolute atomic E-state index is 0.107. The third kappa shape index (κ3) is 3.96. The monoisotopic (exact) mass is 422 g/mol. The Morgan fingerprint density at radius 1 is 1.13 bits per heavy atom. The molecule has 2 aromatic heterocycles. The Morgan fingerprint density at radius 2 is 1.94 bits per heavy atom. The van der Waals surface area contributed by atoms with E-state index in [0.29, 0.717) is 31.0 Å². The number of hydrogen-bond donors (Lipinski definition) is 1. The number of nitrogens with two attached hydrogens (primary N) is 1. The largest absolute Gasteiger partial charge is 0.368 e. The van der Waals surface area contributed by atoms with Gasteiger partial charge in [0, 0.05) is 49.0 Å². The minimum atomic E-state index is -0.107. The Bertz CT molecular complexity index is 1040. The number of aryl methyl sites for hydroxylation is 1. The van der Waals surface area contributed by atoms with Gasteiger partial charge in [-0.05, 0) is 57.3 Å². The number of rotatable bonds is 3. The second-order valence-electron chi connectivity index (χ2n) is 9.30. The summed E-state index contributed by atoms with van der Waals surface area (Å²) in [7, 11) is 0. The number of likely N-dealkylation sites (tertiary alicyclic amines) is 2. The molecule has 5 rings (SSSR count). The van der Waals surface area contributed by atoms with Gasteiger partial charge in [-0.2, -0.15) is 0 Å². The van der Waals surface area contributed by atoms with Crippen LogP contribution in [-0.4, -0.2) is 56.4 Å². The Labute approximate surface area is 182 Å². The van der Waals surface area contributed by atoms with Crippen molar-refractivity contribution in [2.24, 2.45) is 5.92 Å². The Kier molecular flexibility index (Phi) is 5.25. The van der Waals surface area contributed by atoms with E-state index >= 15 is 0 Å². The van der Waals surface area contributed by atoms with E-state index in [9.17, 15) is 9.59 Å². The second-order valence-corrected chi connectivity index (χ2v) is 9.30. The number of carbonyl (C=O) groups excluding carboxylic acids is 1.